The van der Waals surface area contributed by atoms with Gasteiger partial charge in [0.1, 0.15) is 6.04 Å². The summed E-state index contributed by atoms with van der Waals surface area (Å²) in [5.74, 6) is -0.656. The summed E-state index contributed by atoms with van der Waals surface area (Å²) >= 11 is 1.56. The quantitative estimate of drug-likeness (QED) is 0.824. The Morgan fingerprint density at radius 1 is 1.35 bits per heavy atom. The molecule has 98 valence electrons. The third kappa shape index (κ3) is 2.94. The van der Waals surface area contributed by atoms with Crippen LogP contribution in [0.2, 0.25) is 0 Å². The zero-order chi connectivity index (χ0) is 13.4. The van der Waals surface area contributed by atoms with E-state index >= 15 is 0 Å². The van der Waals surface area contributed by atoms with Crippen LogP contribution < -0.4 is 0 Å². The molecule has 1 N–H and O–H groups in total. The van der Waals surface area contributed by atoms with Crippen LogP contribution in [0.5, 0.6) is 0 Å². The van der Waals surface area contributed by atoms with Crippen molar-refractivity contribution in [1.82, 2.24) is 4.90 Å². The van der Waals surface area contributed by atoms with Crippen molar-refractivity contribution in [3.05, 3.63) is 0 Å². The predicted molar refractivity (Wildman–Crippen MR) is 68.8 cm³/mol. The number of carbonyl (C=O) groups is 2. The largest absolute Gasteiger partial charge is 0.480 e. The molecule has 0 spiro atoms. The van der Waals surface area contributed by atoms with Gasteiger partial charge in [-0.1, -0.05) is 34.6 Å². The van der Waals surface area contributed by atoms with Gasteiger partial charge in [-0.25, -0.2) is 4.79 Å². The molecular formula is C12H21NO3S. The number of carboxylic acids is 1. The van der Waals surface area contributed by atoms with Gasteiger partial charge in [0.2, 0.25) is 5.91 Å². The van der Waals surface area contributed by atoms with Gasteiger partial charge in [0.15, 0.2) is 0 Å². The van der Waals surface area contributed by atoms with Crippen LogP contribution in [0.25, 0.3) is 0 Å². The van der Waals surface area contributed by atoms with Gasteiger partial charge >= 0.3 is 5.97 Å². The molecule has 1 rings (SSSR count). The number of rotatable bonds is 2. The van der Waals surface area contributed by atoms with Crippen LogP contribution in [0, 0.1) is 11.3 Å². The molecule has 1 fully saturated rings. The molecule has 17 heavy (non-hydrogen) atoms. The van der Waals surface area contributed by atoms with E-state index in [1.54, 1.807) is 16.7 Å². The Hall–Kier alpha value is -0.710. The first-order valence-electron chi connectivity index (χ1n) is 5.83. The lowest BCUT2D eigenvalue weighted by Crippen LogP contribution is -2.50. The summed E-state index contributed by atoms with van der Waals surface area (Å²) in [6.45, 7) is 9.73. The summed E-state index contributed by atoms with van der Waals surface area (Å²) in [6, 6.07) is -0.681. The van der Waals surface area contributed by atoms with E-state index in [-0.39, 0.29) is 22.6 Å². The monoisotopic (exact) mass is 259 g/mol. The van der Waals surface area contributed by atoms with E-state index in [4.69, 9.17) is 0 Å². The fraction of sp³-hybridized carbons (Fsp3) is 0.833. The minimum absolute atomic E-state index is 0.0569. The molecule has 2 atom stereocenters. The average molecular weight is 259 g/mol. The highest BCUT2D eigenvalue weighted by Crippen LogP contribution is 2.41. The number of thioether (sulfide) groups is 1. The van der Waals surface area contributed by atoms with Crippen molar-refractivity contribution in [2.75, 3.05) is 5.75 Å². The number of carbonyl (C=O) groups excluding carboxylic acids is 1. The maximum Gasteiger partial charge on any atom is 0.327 e. The SMILES string of the molecule is CC(C)C(=O)N1C(C(=O)O)CSC1C(C)(C)C. The fourth-order valence-electron chi connectivity index (χ4n) is 1.93. The lowest BCUT2D eigenvalue weighted by Gasteiger charge is -2.36. The van der Waals surface area contributed by atoms with Crippen molar-refractivity contribution in [3.8, 4) is 0 Å². The van der Waals surface area contributed by atoms with Gasteiger partial charge in [0.05, 0.1) is 5.37 Å². The van der Waals surface area contributed by atoms with E-state index in [2.05, 4.69) is 0 Å². The van der Waals surface area contributed by atoms with Gasteiger partial charge in [-0.3, -0.25) is 4.79 Å². The van der Waals surface area contributed by atoms with E-state index in [1.165, 1.54) is 0 Å². The van der Waals surface area contributed by atoms with Gasteiger partial charge in [-0.05, 0) is 5.41 Å². The zero-order valence-corrected chi connectivity index (χ0v) is 11.9. The van der Waals surface area contributed by atoms with Crippen LogP contribution in [0.3, 0.4) is 0 Å². The summed E-state index contributed by atoms with van der Waals surface area (Å²) in [7, 11) is 0. The first kappa shape index (κ1) is 14.4. The molecule has 0 saturated carbocycles. The van der Waals surface area contributed by atoms with Crippen LogP contribution in [-0.2, 0) is 9.59 Å². The first-order chi connectivity index (χ1) is 7.66. The summed E-state index contributed by atoms with van der Waals surface area (Å²) < 4.78 is 0. The summed E-state index contributed by atoms with van der Waals surface area (Å²) in [5.41, 5.74) is -0.112. The molecule has 5 heteroatoms. The predicted octanol–water partition coefficient (Wildman–Crippen LogP) is 2.04. The fourth-order valence-corrected chi connectivity index (χ4v) is 3.51. The summed E-state index contributed by atoms with van der Waals surface area (Å²) in [5, 5.41) is 9.13. The molecule has 1 aliphatic heterocycles. The van der Waals surface area contributed by atoms with Gasteiger partial charge < -0.3 is 10.0 Å². The molecular weight excluding hydrogens is 238 g/mol. The first-order valence-corrected chi connectivity index (χ1v) is 6.87. The molecule has 1 aliphatic rings. The van der Waals surface area contributed by atoms with Crippen molar-refractivity contribution < 1.29 is 14.7 Å². The second-order valence-electron chi connectivity index (χ2n) is 5.81. The Kier molecular flexibility index (Phi) is 4.12. The lowest BCUT2D eigenvalue weighted by molar-refractivity contribution is -0.151. The number of hydrogen-bond donors (Lipinski definition) is 1. The van der Waals surface area contributed by atoms with Gasteiger partial charge in [-0.2, -0.15) is 0 Å². The average Bonchev–Trinajstić information content (AvgIpc) is 2.59. The maximum absolute atomic E-state index is 12.2. The molecule has 0 radical (unpaired) electrons. The minimum atomic E-state index is -0.904. The number of amides is 1. The van der Waals surface area contributed by atoms with Crippen molar-refractivity contribution in [2.45, 2.75) is 46.0 Å². The Bertz CT molecular complexity index is 322. The number of hydrogen-bond acceptors (Lipinski definition) is 3. The molecule has 2 unspecified atom stereocenters. The highest BCUT2D eigenvalue weighted by molar-refractivity contribution is 8.00. The lowest BCUT2D eigenvalue weighted by atomic mass is 9.94. The minimum Gasteiger partial charge on any atom is -0.480 e. The highest BCUT2D eigenvalue weighted by atomic mass is 32.2. The van der Waals surface area contributed by atoms with E-state index in [9.17, 15) is 14.7 Å². The Morgan fingerprint density at radius 3 is 2.24 bits per heavy atom. The second-order valence-corrected chi connectivity index (χ2v) is 6.92. The third-order valence-electron chi connectivity index (χ3n) is 2.77. The molecule has 1 amide bonds. The second kappa shape index (κ2) is 4.88. The van der Waals surface area contributed by atoms with Crippen LogP contribution in [0.1, 0.15) is 34.6 Å². The number of aliphatic carboxylic acids is 1. The van der Waals surface area contributed by atoms with E-state index in [1.807, 2.05) is 34.6 Å². The van der Waals surface area contributed by atoms with E-state index in [0.717, 1.165) is 0 Å². The Balaban J connectivity index is 3.03. The van der Waals surface area contributed by atoms with E-state index in [0.29, 0.717) is 5.75 Å². The number of nitrogens with zero attached hydrogens (tertiary/aromatic N) is 1. The molecule has 0 aromatic carbocycles. The molecule has 0 aliphatic carbocycles. The smallest absolute Gasteiger partial charge is 0.327 e. The van der Waals surface area contributed by atoms with Crippen molar-refractivity contribution >= 4 is 23.6 Å². The topological polar surface area (TPSA) is 57.6 Å². The van der Waals surface area contributed by atoms with Crippen molar-refractivity contribution in [2.24, 2.45) is 11.3 Å². The number of carboxylic acid groups (broad SMARTS) is 1. The van der Waals surface area contributed by atoms with Crippen LogP contribution >= 0.6 is 11.8 Å². The summed E-state index contributed by atoms with van der Waals surface area (Å²) in [4.78, 5) is 24.9. The molecule has 1 saturated heterocycles. The molecule has 0 aromatic heterocycles. The standard InChI is InChI=1S/C12H21NO3S/c1-7(2)9(14)13-8(10(15)16)6-17-11(13)12(3,4)5/h7-8,11H,6H2,1-5H3,(H,15,16). The Labute approximate surface area is 107 Å². The normalized spacial score (nSPS) is 25.4. The molecule has 4 nitrogen and oxygen atoms in total. The summed E-state index contributed by atoms with van der Waals surface area (Å²) in [6.07, 6.45) is 0. The van der Waals surface area contributed by atoms with Gasteiger partial charge in [0, 0.05) is 11.7 Å². The van der Waals surface area contributed by atoms with Crippen molar-refractivity contribution in [1.29, 1.82) is 0 Å². The van der Waals surface area contributed by atoms with Gasteiger partial charge in [0.25, 0.3) is 0 Å². The molecule has 1 heterocycles. The van der Waals surface area contributed by atoms with Gasteiger partial charge in [-0.15, -0.1) is 11.8 Å². The highest BCUT2D eigenvalue weighted by Gasteiger charge is 2.46. The zero-order valence-electron chi connectivity index (χ0n) is 11.1. The van der Waals surface area contributed by atoms with E-state index < -0.39 is 12.0 Å². The molecule has 0 bridgehead atoms. The van der Waals surface area contributed by atoms with Crippen LogP contribution in [0.15, 0.2) is 0 Å². The maximum atomic E-state index is 12.2. The van der Waals surface area contributed by atoms with Crippen LogP contribution in [0.4, 0.5) is 0 Å². The van der Waals surface area contributed by atoms with Crippen molar-refractivity contribution in [3.63, 3.8) is 0 Å². The van der Waals surface area contributed by atoms with Crippen LogP contribution in [-0.4, -0.2) is 39.1 Å². The molecule has 0 aromatic rings. The third-order valence-corrected chi connectivity index (χ3v) is 4.53. The Morgan fingerprint density at radius 2 is 1.88 bits per heavy atom.